The van der Waals surface area contributed by atoms with Crippen LogP contribution in [0.3, 0.4) is 0 Å². The van der Waals surface area contributed by atoms with Gasteiger partial charge in [-0.25, -0.2) is 8.42 Å². The third-order valence-corrected chi connectivity index (χ3v) is 7.17. The Morgan fingerprint density at radius 3 is 2.38 bits per heavy atom. The number of nitrogens with one attached hydrogen (secondary N) is 1. The van der Waals surface area contributed by atoms with Crippen molar-refractivity contribution < 1.29 is 17.9 Å². The lowest BCUT2D eigenvalue weighted by molar-refractivity contribution is 0.0696. The zero-order valence-corrected chi connectivity index (χ0v) is 18.9. The number of nitrogens with zero attached hydrogens (tertiary/aromatic N) is 1. The van der Waals surface area contributed by atoms with Crippen LogP contribution in [-0.2, 0) is 10.0 Å². The van der Waals surface area contributed by atoms with E-state index in [1.165, 1.54) is 25.7 Å². The van der Waals surface area contributed by atoms with Crippen LogP contribution in [0, 0.1) is 0 Å². The van der Waals surface area contributed by atoms with Crippen LogP contribution in [0.25, 0.3) is 0 Å². The van der Waals surface area contributed by atoms with Crippen LogP contribution in [0.5, 0.6) is 5.75 Å². The number of halogens is 1. The molecule has 1 aliphatic carbocycles. The van der Waals surface area contributed by atoms with Crippen LogP contribution in [0.15, 0.2) is 51.8 Å². The fourth-order valence-electron chi connectivity index (χ4n) is 3.59. The number of carbonyl (C=O) groups excluding carboxylic acids is 1. The first kappa shape index (κ1) is 21.6. The summed E-state index contributed by atoms with van der Waals surface area (Å²) in [4.78, 5) is 14.7. The second kappa shape index (κ2) is 9.17. The molecule has 0 spiro atoms. The fraction of sp³-hybridized carbons (Fsp3) is 0.381. The van der Waals surface area contributed by atoms with Gasteiger partial charge in [0.25, 0.3) is 15.9 Å². The predicted molar refractivity (Wildman–Crippen MR) is 117 cm³/mol. The lowest BCUT2D eigenvalue weighted by Crippen LogP contribution is -2.38. The summed E-state index contributed by atoms with van der Waals surface area (Å²) in [6.07, 6.45) is 5.39. The molecule has 3 rings (SSSR count). The number of methoxy groups -OCH3 is 1. The van der Waals surface area contributed by atoms with E-state index < -0.39 is 10.0 Å². The van der Waals surface area contributed by atoms with E-state index in [0.29, 0.717) is 11.3 Å². The summed E-state index contributed by atoms with van der Waals surface area (Å²) in [5.74, 6) is 0.00567. The van der Waals surface area contributed by atoms with Gasteiger partial charge in [0.2, 0.25) is 0 Å². The quantitative estimate of drug-likeness (QED) is 0.651. The number of rotatable bonds is 6. The molecule has 1 amide bonds. The largest absolute Gasteiger partial charge is 0.495 e. The third kappa shape index (κ3) is 5.11. The van der Waals surface area contributed by atoms with Crippen molar-refractivity contribution in [3.05, 3.63) is 52.5 Å². The van der Waals surface area contributed by atoms with Gasteiger partial charge in [-0.3, -0.25) is 9.52 Å². The molecule has 1 aliphatic rings. The molecule has 1 N–H and O–H groups in total. The maximum absolute atomic E-state index is 13.0. The smallest absolute Gasteiger partial charge is 0.265 e. The van der Waals surface area contributed by atoms with E-state index in [1.54, 1.807) is 42.3 Å². The Hall–Kier alpha value is -2.06. The summed E-state index contributed by atoms with van der Waals surface area (Å²) in [6.45, 7) is 0. The van der Waals surface area contributed by atoms with Gasteiger partial charge < -0.3 is 9.64 Å². The average molecular weight is 481 g/mol. The van der Waals surface area contributed by atoms with E-state index in [4.69, 9.17) is 4.74 Å². The SMILES string of the molecule is COc1ccc(C(=O)N(C)C2CCCCC2)cc1S(=O)(=O)Nc1ccc(Br)cc1. The Bertz CT molecular complexity index is 971. The summed E-state index contributed by atoms with van der Waals surface area (Å²) < 4.78 is 34.6. The van der Waals surface area contributed by atoms with E-state index in [2.05, 4.69) is 20.7 Å². The topological polar surface area (TPSA) is 75.7 Å². The Labute approximate surface area is 180 Å². The van der Waals surface area contributed by atoms with Crippen LogP contribution >= 0.6 is 15.9 Å². The number of carbonyl (C=O) groups is 1. The summed E-state index contributed by atoms with van der Waals surface area (Å²) in [5.41, 5.74) is 0.751. The van der Waals surface area contributed by atoms with Gasteiger partial charge in [-0.1, -0.05) is 35.2 Å². The maximum Gasteiger partial charge on any atom is 0.265 e. The van der Waals surface area contributed by atoms with Gasteiger partial charge in [0.1, 0.15) is 10.6 Å². The van der Waals surface area contributed by atoms with E-state index in [1.807, 2.05) is 0 Å². The summed E-state index contributed by atoms with van der Waals surface area (Å²) in [6, 6.07) is 11.5. The molecule has 2 aromatic carbocycles. The van der Waals surface area contributed by atoms with Gasteiger partial charge in [0, 0.05) is 28.8 Å². The fourth-order valence-corrected chi connectivity index (χ4v) is 5.10. The minimum absolute atomic E-state index is 0.0641. The standard InChI is InChI=1S/C21H25BrN2O4S/c1-24(18-6-4-3-5-7-18)21(25)15-8-13-19(28-2)20(14-15)29(26,27)23-17-11-9-16(22)10-12-17/h8-14,18,23H,3-7H2,1-2H3. The number of amides is 1. The molecule has 1 fully saturated rings. The molecule has 1 saturated carbocycles. The monoisotopic (exact) mass is 480 g/mol. The van der Waals surface area contributed by atoms with Gasteiger partial charge in [0.05, 0.1) is 7.11 Å². The molecule has 2 aromatic rings. The van der Waals surface area contributed by atoms with Gasteiger partial charge in [-0.2, -0.15) is 0 Å². The number of benzene rings is 2. The average Bonchev–Trinajstić information content (AvgIpc) is 2.74. The zero-order chi connectivity index (χ0) is 21.0. The minimum Gasteiger partial charge on any atom is -0.495 e. The van der Waals surface area contributed by atoms with Gasteiger partial charge in [0.15, 0.2) is 0 Å². The van der Waals surface area contributed by atoms with E-state index in [9.17, 15) is 13.2 Å². The predicted octanol–water partition coefficient (Wildman–Crippen LogP) is 4.66. The highest BCUT2D eigenvalue weighted by atomic mass is 79.9. The van der Waals surface area contributed by atoms with Gasteiger partial charge >= 0.3 is 0 Å². The van der Waals surface area contributed by atoms with Gasteiger partial charge in [-0.15, -0.1) is 0 Å². The molecule has 0 aliphatic heterocycles. The number of ether oxygens (including phenoxy) is 1. The molecule has 0 aromatic heterocycles. The zero-order valence-electron chi connectivity index (χ0n) is 16.5. The molecule has 29 heavy (non-hydrogen) atoms. The summed E-state index contributed by atoms with van der Waals surface area (Å²) >= 11 is 3.33. The van der Waals surface area contributed by atoms with E-state index in [0.717, 1.165) is 30.2 Å². The van der Waals surface area contributed by atoms with E-state index >= 15 is 0 Å². The molecular weight excluding hydrogens is 456 g/mol. The molecule has 0 saturated heterocycles. The minimum atomic E-state index is -3.94. The number of hydrogen-bond acceptors (Lipinski definition) is 4. The van der Waals surface area contributed by atoms with E-state index in [-0.39, 0.29) is 22.6 Å². The Morgan fingerprint density at radius 2 is 1.76 bits per heavy atom. The lowest BCUT2D eigenvalue weighted by atomic mass is 9.94. The van der Waals surface area contributed by atoms with Crippen molar-refractivity contribution in [3.63, 3.8) is 0 Å². The number of sulfonamides is 1. The molecule has 0 radical (unpaired) electrons. The Balaban J connectivity index is 1.89. The molecule has 0 unspecified atom stereocenters. The first-order valence-electron chi connectivity index (χ1n) is 9.55. The molecular formula is C21H25BrN2O4S. The van der Waals surface area contributed by atoms with Gasteiger partial charge in [-0.05, 0) is 55.3 Å². The molecule has 0 bridgehead atoms. The van der Waals surface area contributed by atoms with Crippen molar-refractivity contribution in [2.45, 2.75) is 43.0 Å². The lowest BCUT2D eigenvalue weighted by Gasteiger charge is -2.31. The normalized spacial score (nSPS) is 15.0. The molecule has 8 heteroatoms. The molecule has 156 valence electrons. The summed E-state index contributed by atoms with van der Waals surface area (Å²) in [7, 11) is -0.742. The maximum atomic E-state index is 13.0. The second-order valence-electron chi connectivity index (χ2n) is 7.19. The second-order valence-corrected chi connectivity index (χ2v) is 9.75. The molecule has 6 nitrogen and oxygen atoms in total. The van der Waals surface area contributed by atoms with Crippen molar-refractivity contribution in [1.82, 2.24) is 4.90 Å². The van der Waals surface area contributed by atoms with Crippen molar-refractivity contribution >= 4 is 37.5 Å². The van der Waals surface area contributed by atoms with Crippen LogP contribution in [0.2, 0.25) is 0 Å². The molecule has 0 heterocycles. The Morgan fingerprint density at radius 1 is 1.10 bits per heavy atom. The van der Waals surface area contributed by atoms with Crippen LogP contribution in [0.1, 0.15) is 42.5 Å². The van der Waals surface area contributed by atoms with Crippen molar-refractivity contribution in [3.8, 4) is 5.75 Å². The van der Waals surface area contributed by atoms with Crippen molar-refractivity contribution in [2.75, 3.05) is 18.9 Å². The Kier molecular flexibility index (Phi) is 6.85. The summed E-state index contributed by atoms with van der Waals surface area (Å²) in [5, 5.41) is 0. The van der Waals surface area contributed by atoms with Crippen LogP contribution in [0.4, 0.5) is 5.69 Å². The van der Waals surface area contributed by atoms with Crippen LogP contribution in [-0.4, -0.2) is 39.4 Å². The highest BCUT2D eigenvalue weighted by molar-refractivity contribution is 9.10. The highest BCUT2D eigenvalue weighted by Crippen LogP contribution is 2.29. The first-order chi connectivity index (χ1) is 13.8. The number of hydrogen-bond donors (Lipinski definition) is 1. The third-order valence-electron chi connectivity index (χ3n) is 5.24. The van der Waals surface area contributed by atoms with Crippen molar-refractivity contribution in [2.24, 2.45) is 0 Å². The highest BCUT2D eigenvalue weighted by Gasteiger charge is 2.26. The number of anilines is 1. The molecule has 0 atom stereocenters. The van der Waals surface area contributed by atoms with Crippen LogP contribution < -0.4 is 9.46 Å². The van der Waals surface area contributed by atoms with Crippen molar-refractivity contribution in [1.29, 1.82) is 0 Å². The first-order valence-corrected chi connectivity index (χ1v) is 11.8.